The zero-order valence-corrected chi connectivity index (χ0v) is 17.5. The van der Waals surface area contributed by atoms with Crippen LogP contribution >= 0.6 is 11.8 Å². The van der Waals surface area contributed by atoms with Crippen LogP contribution in [0.2, 0.25) is 0 Å². The molecule has 0 radical (unpaired) electrons. The van der Waals surface area contributed by atoms with E-state index in [4.69, 9.17) is 4.74 Å². The number of aromatic nitrogens is 2. The van der Waals surface area contributed by atoms with E-state index in [0.29, 0.717) is 30.2 Å². The van der Waals surface area contributed by atoms with E-state index in [2.05, 4.69) is 14.9 Å². The molecule has 156 valence electrons. The Morgan fingerprint density at radius 2 is 2.07 bits per heavy atom. The van der Waals surface area contributed by atoms with Gasteiger partial charge in [-0.2, -0.15) is 0 Å². The zero-order chi connectivity index (χ0) is 20.9. The molecule has 1 aromatic carbocycles. The van der Waals surface area contributed by atoms with Crippen molar-refractivity contribution in [2.24, 2.45) is 5.41 Å². The normalized spacial score (nSPS) is 19.9. The van der Waals surface area contributed by atoms with Gasteiger partial charge in [0.25, 0.3) is 0 Å². The van der Waals surface area contributed by atoms with Crippen molar-refractivity contribution in [2.45, 2.75) is 37.9 Å². The van der Waals surface area contributed by atoms with Crippen molar-refractivity contribution < 1.29 is 18.3 Å². The fourth-order valence-electron chi connectivity index (χ4n) is 3.85. The molecule has 8 heteroatoms. The number of thioether (sulfide) groups is 1. The summed E-state index contributed by atoms with van der Waals surface area (Å²) in [5.74, 6) is -1.59. The SMILES string of the molecule is CCOC(=O)[C@]1(Cc2ccc(F)cc2F)CCCN(Cc2cnc(SC)nc2)C1. The second-order valence-corrected chi connectivity index (χ2v) is 8.08. The van der Waals surface area contributed by atoms with E-state index in [-0.39, 0.29) is 19.0 Å². The summed E-state index contributed by atoms with van der Waals surface area (Å²) in [6, 6.07) is 3.50. The van der Waals surface area contributed by atoms with Gasteiger partial charge in [-0.15, -0.1) is 0 Å². The van der Waals surface area contributed by atoms with Crippen LogP contribution in [0.5, 0.6) is 0 Å². The number of benzene rings is 1. The molecule has 29 heavy (non-hydrogen) atoms. The van der Waals surface area contributed by atoms with E-state index in [0.717, 1.165) is 24.6 Å². The average molecular weight is 422 g/mol. The van der Waals surface area contributed by atoms with Gasteiger partial charge in [0.15, 0.2) is 5.16 Å². The number of halogens is 2. The van der Waals surface area contributed by atoms with Crippen LogP contribution in [0, 0.1) is 17.0 Å². The molecule has 1 aliphatic heterocycles. The first kappa shape index (κ1) is 21.6. The van der Waals surface area contributed by atoms with Gasteiger partial charge in [-0.25, -0.2) is 18.7 Å². The molecule has 0 amide bonds. The number of hydrogen-bond donors (Lipinski definition) is 0. The second kappa shape index (κ2) is 9.63. The topological polar surface area (TPSA) is 55.3 Å². The van der Waals surface area contributed by atoms with Gasteiger partial charge >= 0.3 is 5.97 Å². The predicted octanol–water partition coefficient (Wildman–Crippen LogP) is 3.86. The van der Waals surface area contributed by atoms with Crippen molar-refractivity contribution in [1.29, 1.82) is 0 Å². The maximum absolute atomic E-state index is 14.3. The Kier molecular flexibility index (Phi) is 7.18. The van der Waals surface area contributed by atoms with Crippen LogP contribution < -0.4 is 0 Å². The maximum Gasteiger partial charge on any atom is 0.313 e. The van der Waals surface area contributed by atoms with Gasteiger partial charge in [-0.3, -0.25) is 9.69 Å². The van der Waals surface area contributed by atoms with Gasteiger partial charge in [-0.1, -0.05) is 17.8 Å². The molecule has 0 bridgehead atoms. The highest BCUT2D eigenvalue weighted by Gasteiger charge is 2.44. The average Bonchev–Trinajstić information content (AvgIpc) is 2.71. The molecule has 1 atom stereocenters. The fraction of sp³-hybridized carbons (Fsp3) is 0.476. The summed E-state index contributed by atoms with van der Waals surface area (Å²) in [6.07, 6.45) is 7.06. The summed E-state index contributed by atoms with van der Waals surface area (Å²) < 4.78 is 33.0. The van der Waals surface area contributed by atoms with E-state index in [9.17, 15) is 13.6 Å². The highest BCUT2D eigenvalue weighted by atomic mass is 32.2. The zero-order valence-electron chi connectivity index (χ0n) is 16.7. The first-order chi connectivity index (χ1) is 14.0. The van der Waals surface area contributed by atoms with Gasteiger partial charge in [0, 0.05) is 37.1 Å². The van der Waals surface area contributed by atoms with Crippen LogP contribution in [0.3, 0.4) is 0 Å². The maximum atomic E-state index is 14.3. The number of likely N-dealkylation sites (tertiary alicyclic amines) is 1. The first-order valence-corrected chi connectivity index (χ1v) is 10.9. The van der Waals surface area contributed by atoms with E-state index in [1.165, 1.54) is 23.9 Å². The molecule has 0 saturated carbocycles. The van der Waals surface area contributed by atoms with Crippen molar-refractivity contribution in [2.75, 3.05) is 26.0 Å². The molecular formula is C21H25F2N3O2S. The van der Waals surface area contributed by atoms with Crippen LogP contribution in [0.15, 0.2) is 35.7 Å². The Morgan fingerprint density at radius 1 is 1.31 bits per heavy atom. The summed E-state index contributed by atoms with van der Waals surface area (Å²) >= 11 is 1.48. The van der Waals surface area contributed by atoms with Gasteiger partial charge in [0.05, 0.1) is 12.0 Å². The number of carbonyl (C=O) groups is 1. The van der Waals surface area contributed by atoms with Gasteiger partial charge in [0.2, 0.25) is 0 Å². The molecule has 1 fully saturated rings. The molecule has 1 aliphatic rings. The van der Waals surface area contributed by atoms with Gasteiger partial charge < -0.3 is 4.74 Å². The highest BCUT2D eigenvalue weighted by molar-refractivity contribution is 7.98. The second-order valence-electron chi connectivity index (χ2n) is 7.31. The van der Waals surface area contributed by atoms with Crippen molar-refractivity contribution in [3.05, 3.63) is 53.4 Å². The summed E-state index contributed by atoms with van der Waals surface area (Å²) in [7, 11) is 0. The Morgan fingerprint density at radius 3 is 2.72 bits per heavy atom. The number of piperidine rings is 1. The minimum atomic E-state index is -0.868. The third-order valence-electron chi connectivity index (χ3n) is 5.18. The van der Waals surface area contributed by atoms with Crippen molar-refractivity contribution in [3.8, 4) is 0 Å². The fourth-order valence-corrected chi connectivity index (χ4v) is 4.16. The van der Waals surface area contributed by atoms with Crippen LogP contribution in [0.25, 0.3) is 0 Å². The molecular weight excluding hydrogens is 396 g/mol. The minimum absolute atomic E-state index is 0.177. The van der Waals surface area contributed by atoms with Crippen LogP contribution in [0.4, 0.5) is 8.78 Å². The predicted molar refractivity (Wildman–Crippen MR) is 107 cm³/mol. The lowest BCUT2D eigenvalue weighted by molar-refractivity contribution is -0.159. The van der Waals surface area contributed by atoms with Crippen molar-refractivity contribution in [3.63, 3.8) is 0 Å². The van der Waals surface area contributed by atoms with Crippen LogP contribution in [0.1, 0.15) is 30.9 Å². The standard InChI is InChI=1S/C21H25F2N3O2S/c1-3-28-19(27)21(10-16-5-6-17(22)9-18(16)23)7-4-8-26(14-21)13-15-11-24-20(29-2)25-12-15/h5-6,9,11-12H,3-4,7-8,10,13-14H2,1-2H3/t21-/m0/s1. The summed E-state index contributed by atoms with van der Waals surface area (Å²) in [5.41, 5.74) is 0.414. The molecule has 1 saturated heterocycles. The molecule has 2 heterocycles. The third kappa shape index (κ3) is 5.30. The molecule has 1 aromatic heterocycles. The minimum Gasteiger partial charge on any atom is -0.466 e. The van der Waals surface area contributed by atoms with Crippen molar-refractivity contribution >= 4 is 17.7 Å². The van der Waals surface area contributed by atoms with E-state index < -0.39 is 17.0 Å². The molecule has 0 spiro atoms. The summed E-state index contributed by atoms with van der Waals surface area (Å²) in [5, 5.41) is 0.708. The monoisotopic (exact) mass is 421 g/mol. The van der Waals surface area contributed by atoms with Gasteiger partial charge in [0.1, 0.15) is 11.6 Å². The quantitative estimate of drug-likeness (QED) is 0.384. The third-order valence-corrected chi connectivity index (χ3v) is 5.75. The Balaban J connectivity index is 1.81. The molecule has 0 aliphatic carbocycles. The lowest BCUT2D eigenvalue weighted by atomic mass is 9.75. The number of esters is 1. The molecule has 0 N–H and O–H groups in total. The number of rotatable bonds is 7. The largest absolute Gasteiger partial charge is 0.466 e. The summed E-state index contributed by atoms with van der Waals surface area (Å²) in [6.45, 7) is 3.87. The number of nitrogens with zero attached hydrogens (tertiary/aromatic N) is 3. The smallest absolute Gasteiger partial charge is 0.313 e. The van der Waals surface area contributed by atoms with E-state index in [1.807, 2.05) is 6.26 Å². The number of ether oxygens (including phenoxy) is 1. The number of hydrogen-bond acceptors (Lipinski definition) is 6. The lowest BCUT2D eigenvalue weighted by Crippen LogP contribution is -2.49. The number of carbonyl (C=O) groups excluding carboxylic acids is 1. The molecule has 2 aromatic rings. The van der Waals surface area contributed by atoms with E-state index >= 15 is 0 Å². The first-order valence-electron chi connectivity index (χ1n) is 9.64. The van der Waals surface area contributed by atoms with Crippen molar-refractivity contribution in [1.82, 2.24) is 14.9 Å². The highest BCUT2D eigenvalue weighted by Crippen LogP contribution is 2.36. The molecule has 0 unspecified atom stereocenters. The Hall–Kier alpha value is -2.06. The van der Waals surface area contributed by atoms with Crippen LogP contribution in [-0.2, 0) is 22.5 Å². The van der Waals surface area contributed by atoms with E-state index in [1.54, 1.807) is 19.3 Å². The molecule has 3 rings (SSSR count). The van der Waals surface area contributed by atoms with Gasteiger partial charge in [-0.05, 0) is 50.6 Å². The Labute approximate surface area is 173 Å². The molecule has 5 nitrogen and oxygen atoms in total. The van der Waals surface area contributed by atoms with Crippen LogP contribution in [-0.4, -0.2) is 46.8 Å². The lowest BCUT2D eigenvalue weighted by Gasteiger charge is -2.41. The summed E-state index contributed by atoms with van der Waals surface area (Å²) in [4.78, 5) is 23.7. The Bertz CT molecular complexity index is 850.